The van der Waals surface area contributed by atoms with Crippen LogP contribution in [0.2, 0.25) is 0 Å². The molecular weight excluding hydrogens is 254 g/mol. The molecular formula is C15H21N3O2. The fourth-order valence-electron chi connectivity index (χ4n) is 3.53. The van der Waals surface area contributed by atoms with Crippen LogP contribution in [0.25, 0.3) is 0 Å². The Balaban J connectivity index is 1.66. The Bertz CT molecular complexity index is 488. The van der Waals surface area contributed by atoms with Gasteiger partial charge in [0.1, 0.15) is 0 Å². The first-order chi connectivity index (χ1) is 9.65. The van der Waals surface area contributed by atoms with Crippen molar-refractivity contribution in [2.24, 2.45) is 0 Å². The topological polar surface area (TPSA) is 49.6 Å². The Morgan fingerprint density at radius 1 is 1.20 bits per heavy atom. The van der Waals surface area contributed by atoms with Crippen LogP contribution in [0, 0.1) is 10.1 Å². The lowest BCUT2D eigenvalue weighted by Crippen LogP contribution is -2.39. The second-order valence-corrected chi connectivity index (χ2v) is 5.89. The molecule has 108 valence electrons. The van der Waals surface area contributed by atoms with Crippen molar-refractivity contribution in [1.29, 1.82) is 0 Å². The van der Waals surface area contributed by atoms with Gasteiger partial charge in [-0.3, -0.25) is 15.0 Å². The molecule has 2 saturated heterocycles. The lowest BCUT2D eigenvalue weighted by atomic mass is 10.2. The number of likely N-dealkylation sites (tertiary alicyclic amines) is 1. The molecule has 0 radical (unpaired) electrons. The predicted molar refractivity (Wildman–Crippen MR) is 79.1 cm³/mol. The van der Waals surface area contributed by atoms with Crippen LogP contribution in [0.15, 0.2) is 24.3 Å². The van der Waals surface area contributed by atoms with Crippen LogP contribution < -0.4 is 4.90 Å². The second-order valence-electron chi connectivity index (χ2n) is 5.89. The van der Waals surface area contributed by atoms with Crippen molar-refractivity contribution in [3.63, 3.8) is 0 Å². The van der Waals surface area contributed by atoms with Gasteiger partial charge < -0.3 is 4.90 Å². The van der Waals surface area contributed by atoms with Crippen LogP contribution in [0.1, 0.15) is 26.2 Å². The minimum absolute atomic E-state index is 0.165. The highest BCUT2D eigenvalue weighted by atomic mass is 16.6. The summed E-state index contributed by atoms with van der Waals surface area (Å²) in [4.78, 5) is 15.3. The highest BCUT2D eigenvalue weighted by Crippen LogP contribution is 2.28. The zero-order chi connectivity index (χ0) is 14.1. The van der Waals surface area contributed by atoms with Gasteiger partial charge >= 0.3 is 0 Å². The van der Waals surface area contributed by atoms with Crippen molar-refractivity contribution in [3.05, 3.63) is 34.4 Å². The highest BCUT2D eigenvalue weighted by molar-refractivity contribution is 5.51. The first-order valence-electron chi connectivity index (χ1n) is 7.40. The summed E-state index contributed by atoms with van der Waals surface area (Å²) in [6.07, 6.45) is 3.82. The van der Waals surface area contributed by atoms with Gasteiger partial charge in [0.25, 0.3) is 5.69 Å². The van der Waals surface area contributed by atoms with Crippen LogP contribution in [0.3, 0.4) is 0 Å². The van der Waals surface area contributed by atoms with Gasteiger partial charge in [-0.05, 0) is 44.9 Å². The zero-order valence-electron chi connectivity index (χ0n) is 11.9. The third-order valence-electron chi connectivity index (χ3n) is 4.66. The maximum absolute atomic E-state index is 10.7. The molecule has 1 aromatic carbocycles. The number of rotatable bonds is 3. The highest BCUT2D eigenvalue weighted by Gasteiger charge is 2.32. The maximum atomic E-state index is 10.7. The molecule has 2 atom stereocenters. The van der Waals surface area contributed by atoms with Crippen molar-refractivity contribution < 1.29 is 4.92 Å². The van der Waals surface area contributed by atoms with Crippen molar-refractivity contribution in [2.45, 2.75) is 38.3 Å². The van der Waals surface area contributed by atoms with Crippen LogP contribution in [0.5, 0.6) is 0 Å². The molecule has 3 rings (SSSR count). The number of anilines is 1. The minimum Gasteiger partial charge on any atom is -0.370 e. The van der Waals surface area contributed by atoms with E-state index in [4.69, 9.17) is 0 Å². The van der Waals surface area contributed by atoms with E-state index in [0.717, 1.165) is 18.8 Å². The van der Waals surface area contributed by atoms with Gasteiger partial charge in [0.15, 0.2) is 0 Å². The largest absolute Gasteiger partial charge is 0.370 e. The Kier molecular flexibility index (Phi) is 3.61. The first kappa shape index (κ1) is 13.4. The van der Waals surface area contributed by atoms with Crippen molar-refractivity contribution in [1.82, 2.24) is 4.90 Å². The van der Waals surface area contributed by atoms with Crippen LogP contribution in [-0.2, 0) is 0 Å². The van der Waals surface area contributed by atoms with Crippen LogP contribution in [0.4, 0.5) is 11.4 Å². The van der Waals surface area contributed by atoms with Crippen molar-refractivity contribution >= 4 is 11.4 Å². The molecule has 0 amide bonds. The quantitative estimate of drug-likeness (QED) is 0.628. The van der Waals surface area contributed by atoms with Gasteiger partial charge in [-0.25, -0.2) is 0 Å². The van der Waals surface area contributed by atoms with Crippen LogP contribution >= 0.6 is 0 Å². The molecule has 5 heteroatoms. The number of hydrogen-bond donors (Lipinski definition) is 0. The van der Waals surface area contributed by atoms with E-state index in [0.29, 0.717) is 12.1 Å². The number of hydrogen-bond acceptors (Lipinski definition) is 4. The fraction of sp³-hybridized carbons (Fsp3) is 0.600. The van der Waals surface area contributed by atoms with E-state index < -0.39 is 0 Å². The Morgan fingerprint density at radius 3 is 2.55 bits per heavy atom. The van der Waals surface area contributed by atoms with Gasteiger partial charge in [-0.15, -0.1) is 0 Å². The van der Waals surface area contributed by atoms with E-state index in [9.17, 15) is 10.1 Å². The van der Waals surface area contributed by atoms with E-state index >= 15 is 0 Å². The summed E-state index contributed by atoms with van der Waals surface area (Å²) in [5, 5.41) is 10.7. The number of nitro benzene ring substituents is 1. The summed E-state index contributed by atoms with van der Waals surface area (Å²) in [7, 11) is 0. The fourth-order valence-corrected chi connectivity index (χ4v) is 3.53. The number of non-ortho nitro benzene ring substituents is 1. The molecule has 2 aliphatic heterocycles. The molecule has 2 fully saturated rings. The SMILES string of the molecule is C[C@H]1CCCN1[C@H]1CCN(c2ccc([N+](=O)[O-])cc2)C1. The molecule has 5 nitrogen and oxygen atoms in total. The first-order valence-corrected chi connectivity index (χ1v) is 7.40. The van der Waals surface area contributed by atoms with Crippen LogP contribution in [-0.4, -0.2) is 41.5 Å². The summed E-state index contributed by atoms with van der Waals surface area (Å²) in [5.74, 6) is 0. The van der Waals surface area contributed by atoms with E-state index in [2.05, 4.69) is 16.7 Å². The van der Waals surface area contributed by atoms with E-state index in [1.165, 1.54) is 25.8 Å². The van der Waals surface area contributed by atoms with Gasteiger partial charge in [-0.2, -0.15) is 0 Å². The smallest absolute Gasteiger partial charge is 0.269 e. The van der Waals surface area contributed by atoms with E-state index in [1.807, 2.05) is 12.1 Å². The summed E-state index contributed by atoms with van der Waals surface area (Å²) in [5.41, 5.74) is 1.27. The van der Waals surface area contributed by atoms with Gasteiger partial charge in [0.05, 0.1) is 4.92 Å². The minimum atomic E-state index is -0.345. The third-order valence-corrected chi connectivity index (χ3v) is 4.66. The summed E-state index contributed by atoms with van der Waals surface area (Å²) < 4.78 is 0. The average Bonchev–Trinajstić information content (AvgIpc) is 3.07. The zero-order valence-corrected chi connectivity index (χ0v) is 11.9. The molecule has 0 N–H and O–H groups in total. The molecule has 2 aliphatic rings. The Morgan fingerprint density at radius 2 is 1.95 bits per heavy atom. The van der Waals surface area contributed by atoms with E-state index in [-0.39, 0.29) is 10.6 Å². The summed E-state index contributed by atoms with van der Waals surface area (Å²) in [6, 6.07) is 8.28. The summed E-state index contributed by atoms with van der Waals surface area (Å²) in [6.45, 7) is 5.63. The number of nitro groups is 1. The molecule has 0 aromatic heterocycles. The standard InChI is InChI=1S/C15H21N3O2/c1-12-3-2-9-17(12)15-8-10-16(11-15)13-4-6-14(7-5-13)18(19)20/h4-7,12,15H,2-3,8-11H2,1H3/t12-,15-/m0/s1. The molecule has 0 bridgehead atoms. The molecule has 1 aromatic rings. The molecule has 0 saturated carbocycles. The summed E-state index contributed by atoms with van der Waals surface area (Å²) >= 11 is 0. The van der Waals surface area contributed by atoms with E-state index in [1.54, 1.807) is 12.1 Å². The molecule has 2 heterocycles. The average molecular weight is 275 g/mol. The molecule has 20 heavy (non-hydrogen) atoms. The van der Waals surface area contributed by atoms with Crippen molar-refractivity contribution in [2.75, 3.05) is 24.5 Å². The molecule has 0 unspecified atom stereocenters. The van der Waals surface area contributed by atoms with Gasteiger partial charge in [-0.1, -0.05) is 0 Å². The molecule has 0 aliphatic carbocycles. The molecule has 0 spiro atoms. The number of nitrogens with zero attached hydrogens (tertiary/aromatic N) is 3. The van der Waals surface area contributed by atoms with Gasteiger partial charge in [0, 0.05) is 43.0 Å². The third kappa shape index (κ3) is 2.50. The number of benzene rings is 1. The Hall–Kier alpha value is -1.62. The predicted octanol–water partition coefficient (Wildman–Crippen LogP) is 2.66. The lowest BCUT2D eigenvalue weighted by molar-refractivity contribution is -0.384. The van der Waals surface area contributed by atoms with Gasteiger partial charge in [0.2, 0.25) is 0 Å². The Labute approximate surface area is 119 Å². The maximum Gasteiger partial charge on any atom is 0.269 e. The lowest BCUT2D eigenvalue weighted by Gasteiger charge is -2.28. The monoisotopic (exact) mass is 275 g/mol. The van der Waals surface area contributed by atoms with Crippen molar-refractivity contribution in [3.8, 4) is 0 Å². The second kappa shape index (κ2) is 5.40. The normalized spacial score (nSPS) is 27.1.